The molecule has 0 aliphatic carbocycles. The standard InChI is InChI=1S/C17H25F2N3O3/c1-10(2)11(3)16(24)21(4)8-13(23)9-22(5)17(25)15-14(19)6-12(18)7-20-15/h6-7,10-11,13,23H,8-9H2,1-5H3. The van der Waals surface area contributed by atoms with Gasteiger partial charge in [-0.3, -0.25) is 9.59 Å². The van der Waals surface area contributed by atoms with Gasteiger partial charge in [0.15, 0.2) is 11.5 Å². The van der Waals surface area contributed by atoms with Crippen LogP contribution in [0.3, 0.4) is 0 Å². The number of nitrogens with zero attached hydrogens (tertiary/aromatic N) is 3. The second-order valence-electron chi connectivity index (χ2n) is 6.57. The van der Waals surface area contributed by atoms with Gasteiger partial charge in [0.05, 0.1) is 12.3 Å². The molecular formula is C17H25F2N3O3. The number of aliphatic hydroxyl groups excluding tert-OH is 1. The van der Waals surface area contributed by atoms with E-state index in [0.29, 0.717) is 6.07 Å². The Morgan fingerprint density at radius 3 is 2.24 bits per heavy atom. The highest BCUT2D eigenvalue weighted by molar-refractivity contribution is 5.92. The summed E-state index contributed by atoms with van der Waals surface area (Å²) >= 11 is 0. The van der Waals surface area contributed by atoms with E-state index in [1.54, 1.807) is 7.05 Å². The predicted octanol–water partition coefficient (Wildman–Crippen LogP) is 1.54. The molecule has 1 N–H and O–H groups in total. The van der Waals surface area contributed by atoms with Crippen molar-refractivity contribution in [1.82, 2.24) is 14.8 Å². The molecule has 0 aromatic carbocycles. The second-order valence-corrected chi connectivity index (χ2v) is 6.57. The van der Waals surface area contributed by atoms with Crippen LogP contribution in [-0.4, -0.2) is 65.0 Å². The number of hydrogen-bond acceptors (Lipinski definition) is 4. The van der Waals surface area contributed by atoms with Gasteiger partial charge in [-0.25, -0.2) is 13.8 Å². The molecule has 6 nitrogen and oxygen atoms in total. The van der Waals surface area contributed by atoms with Gasteiger partial charge in [0.25, 0.3) is 5.91 Å². The first-order chi connectivity index (χ1) is 11.5. The Hall–Kier alpha value is -2.09. The van der Waals surface area contributed by atoms with Gasteiger partial charge in [0, 0.05) is 39.2 Å². The van der Waals surface area contributed by atoms with Crippen molar-refractivity contribution in [1.29, 1.82) is 0 Å². The van der Waals surface area contributed by atoms with Gasteiger partial charge in [0.2, 0.25) is 5.91 Å². The Kier molecular flexibility index (Phi) is 7.41. The monoisotopic (exact) mass is 357 g/mol. The molecule has 2 unspecified atom stereocenters. The van der Waals surface area contributed by atoms with Crippen LogP contribution in [0.15, 0.2) is 12.3 Å². The minimum absolute atomic E-state index is 0.0346. The average Bonchev–Trinajstić information content (AvgIpc) is 2.52. The van der Waals surface area contributed by atoms with Crippen LogP contribution < -0.4 is 0 Å². The highest BCUT2D eigenvalue weighted by atomic mass is 19.1. The van der Waals surface area contributed by atoms with E-state index in [1.807, 2.05) is 20.8 Å². The van der Waals surface area contributed by atoms with Crippen molar-refractivity contribution < 1.29 is 23.5 Å². The van der Waals surface area contributed by atoms with Crippen molar-refractivity contribution >= 4 is 11.8 Å². The van der Waals surface area contributed by atoms with Gasteiger partial charge in [-0.2, -0.15) is 0 Å². The van der Waals surface area contributed by atoms with Crippen LogP contribution >= 0.6 is 0 Å². The maximum Gasteiger partial charge on any atom is 0.275 e. The third kappa shape index (κ3) is 5.74. The molecule has 2 atom stereocenters. The zero-order chi connectivity index (χ0) is 19.3. The van der Waals surface area contributed by atoms with E-state index in [2.05, 4.69) is 4.98 Å². The van der Waals surface area contributed by atoms with Crippen molar-refractivity contribution in [3.8, 4) is 0 Å². The van der Waals surface area contributed by atoms with Gasteiger partial charge in [-0.05, 0) is 5.92 Å². The molecule has 25 heavy (non-hydrogen) atoms. The average molecular weight is 357 g/mol. The summed E-state index contributed by atoms with van der Waals surface area (Å²) in [6, 6.07) is 0.574. The molecule has 1 aromatic heterocycles. The number of amides is 2. The summed E-state index contributed by atoms with van der Waals surface area (Å²) in [6.07, 6.45) is -0.258. The predicted molar refractivity (Wildman–Crippen MR) is 88.8 cm³/mol. The summed E-state index contributed by atoms with van der Waals surface area (Å²) in [5.74, 6) is -2.84. The SMILES string of the molecule is CC(C)C(C)C(=O)N(C)CC(O)CN(C)C(=O)c1ncc(F)cc1F. The van der Waals surface area contributed by atoms with Gasteiger partial charge in [-0.1, -0.05) is 20.8 Å². The lowest BCUT2D eigenvalue weighted by molar-refractivity contribution is -0.136. The Morgan fingerprint density at radius 1 is 1.16 bits per heavy atom. The summed E-state index contributed by atoms with van der Waals surface area (Å²) < 4.78 is 26.5. The third-order valence-electron chi connectivity index (χ3n) is 4.09. The maximum absolute atomic E-state index is 13.6. The summed E-state index contributed by atoms with van der Waals surface area (Å²) in [6.45, 7) is 5.60. The van der Waals surface area contributed by atoms with Gasteiger partial charge >= 0.3 is 0 Å². The van der Waals surface area contributed by atoms with Crippen LogP contribution in [0, 0.1) is 23.5 Å². The highest BCUT2D eigenvalue weighted by Crippen LogP contribution is 2.13. The fraction of sp³-hybridized carbons (Fsp3) is 0.588. The number of carbonyl (C=O) groups excluding carboxylic acids is 2. The molecule has 0 aliphatic rings. The molecule has 0 aliphatic heterocycles. The van der Waals surface area contributed by atoms with E-state index in [1.165, 1.54) is 11.9 Å². The zero-order valence-electron chi connectivity index (χ0n) is 15.2. The fourth-order valence-corrected chi connectivity index (χ4v) is 2.25. The van der Waals surface area contributed by atoms with Crippen molar-refractivity contribution in [2.24, 2.45) is 11.8 Å². The second kappa shape index (κ2) is 8.84. The lowest BCUT2D eigenvalue weighted by Gasteiger charge is -2.27. The fourth-order valence-electron chi connectivity index (χ4n) is 2.25. The number of halogens is 2. The van der Waals surface area contributed by atoms with E-state index >= 15 is 0 Å². The molecule has 140 valence electrons. The molecule has 0 spiro atoms. The van der Waals surface area contributed by atoms with Crippen LogP contribution in [-0.2, 0) is 4.79 Å². The lowest BCUT2D eigenvalue weighted by atomic mass is 9.97. The summed E-state index contributed by atoms with van der Waals surface area (Å²) in [5, 5.41) is 10.1. The molecule has 8 heteroatoms. The minimum Gasteiger partial charge on any atom is -0.389 e. The molecule has 0 radical (unpaired) electrons. The number of pyridine rings is 1. The molecule has 0 saturated carbocycles. The van der Waals surface area contributed by atoms with Crippen LogP contribution in [0.25, 0.3) is 0 Å². The normalized spacial score (nSPS) is 13.5. The number of aliphatic hydroxyl groups is 1. The number of rotatable bonds is 7. The molecule has 1 aromatic rings. The molecule has 0 fully saturated rings. The molecule has 2 amide bonds. The Morgan fingerprint density at radius 2 is 1.72 bits per heavy atom. The maximum atomic E-state index is 13.6. The quantitative estimate of drug-likeness (QED) is 0.803. The summed E-state index contributed by atoms with van der Waals surface area (Å²) in [7, 11) is 2.95. The van der Waals surface area contributed by atoms with Crippen LogP contribution in [0.2, 0.25) is 0 Å². The molecule has 1 rings (SSSR count). The van der Waals surface area contributed by atoms with Crippen molar-refractivity contribution in [2.45, 2.75) is 26.9 Å². The van der Waals surface area contributed by atoms with Crippen LogP contribution in [0.4, 0.5) is 8.78 Å². The Balaban J connectivity index is 2.65. The first-order valence-corrected chi connectivity index (χ1v) is 8.04. The van der Waals surface area contributed by atoms with Gasteiger partial charge in [-0.15, -0.1) is 0 Å². The highest BCUT2D eigenvalue weighted by Gasteiger charge is 2.24. The number of hydrogen-bond donors (Lipinski definition) is 1. The zero-order valence-corrected chi connectivity index (χ0v) is 15.2. The van der Waals surface area contributed by atoms with E-state index in [9.17, 15) is 23.5 Å². The number of carbonyl (C=O) groups is 2. The Bertz CT molecular complexity index is 625. The molecule has 1 heterocycles. The first-order valence-electron chi connectivity index (χ1n) is 8.04. The summed E-state index contributed by atoms with van der Waals surface area (Å²) in [5.41, 5.74) is -0.519. The largest absolute Gasteiger partial charge is 0.389 e. The van der Waals surface area contributed by atoms with Crippen LogP contribution in [0.5, 0.6) is 0 Å². The summed E-state index contributed by atoms with van der Waals surface area (Å²) in [4.78, 5) is 30.3. The molecule has 0 saturated heterocycles. The topological polar surface area (TPSA) is 73.7 Å². The first kappa shape index (κ1) is 21.0. The molecule has 0 bridgehead atoms. The van der Waals surface area contributed by atoms with Crippen molar-refractivity contribution in [3.05, 3.63) is 29.6 Å². The van der Waals surface area contributed by atoms with E-state index in [-0.39, 0.29) is 30.8 Å². The van der Waals surface area contributed by atoms with E-state index < -0.39 is 29.3 Å². The Labute approximate surface area is 146 Å². The smallest absolute Gasteiger partial charge is 0.275 e. The van der Waals surface area contributed by atoms with Crippen molar-refractivity contribution in [3.63, 3.8) is 0 Å². The number of aromatic nitrogens is 1. The van der Waals surface area contributed by atoms with Crippen LogP contribution in [0.1, 0.15) is 31.3 Å². The molecular weight excluding hydrogens is 332 g/mol. The number of likely N-dealkylation sites (N-methyl/N-ethyl adjacent to an activating group) is 2. The van der Waals surface area contributed by atoms with Gasteiger partial charge < -0.3 is 14.9 Å². The lowest BCUT2D eigenvalue weighted by Crippen LogP contribution is -2.43. The van der Waals surface area contributed by atoms with Gasteiger partial charge in [0.1, 0.15) is 5.82 Å². The van der Waals surface area contributed by atoms with E-state index in [4.69, 9.17) is 0 Å². The minimum atomic E-state index is -1.07. The van der Waals surface area contributed by atoms with E-state index in [0.717, 1.165) is 11.1 Å². The van der Waals surface area contributed by atoms with Crippen molar-refractivity contribution in [2.75, 3.05) is 27.2 Å². The third-order valence-corrected chi connectivity index (χ3v) is 4.09.